The molecule has 0 atom stereocenters. The van der Waals surface area contributed by atoms with Gasteiger partial charge in [-0.25, -0.2) is 5.32 Å². The molecule has 0 radical (unpaired) electrons. The van der Waals surface area contributed by atoms with Gasteiger partial charge >= 0.3 is 0 Å². The van der Waals surface area contributed by atoms with Crippen LogP contribution in [0.15, 0.2) is 6.33 Å². The van der Waals surface area contributed by atoms with Crippen LogP contribution in [-0.4, -0.2) is 27.4 Å². The van der Waals surface area contributed by atoms with Crippen LogP contribution in [0.25, 0.3) is 0 Å². The molecule has 0 unspecified atom stereocenters. The van der Waals surface area contributed by atoms with E-state index in [1.54, 1.807) is 6.33 Å². The van der Waals surface area contributed by atoms with Gasteiger partial charge in [-0.1, -0.05) is 58.3 Å². The second-order valence-electron chi connectivity index (χ2n) is 6.16. The molecule has 0 aromatic carbocycles. The number of aromatic nitrogens is 2. The van der Waals surface area contributed by atoms with E-state index in [4.69, 9.17) is 0 Å². The van der Waals surface area contributed by atoms with E-state index < -0.39 is 0 Å². The lowest BCUT2D eigenvalue weighted by molar-refractivity contribution is -0.541. The van der Waals surface area contributed by atoms with E-state index in [0.717, 1.165) is 18.9 Å². The highest BCUT2D eigenvalue weighted by Crippen LogP contribution is 2.14. The Bertz CT molecular complexity index is 422. The molecule has 1 aromatic rings. The molecule has 2 N–H and O–H groups in total. The third-order valence-corrected chi connectivity index (χ3v) is 4.26. The van der Waals surface area contributed by atoms with Gasteiger partial charge in [-0.3, -0.25) is 4.58 Å². The zero-order valence-corrected chi connectivity index (χ0v) is 13.5. The van der Waals surface area contributed by atoms with Gasteiger partial charge in [-0.15, -0.1) is 0 Å². The monoisotopic (exact) mass is 291 g/mol. The molecule has 2 rings (SSSR count). The number of nitrogens with one attached hydrogen (secondary N) is 2. The summed E-state index contributed by atoms with van der Waals surface area (Å²) in [6.45, 7) is 4.38. The van der Waals surface area contributed by atoms with Gasteiger partial charge in [0.05, 0.1) is 12.9 Å². The van der Waals surface area contributed by atoms with Crippen molar-refractivity contribution in [2.24, 2.45) is 0 Å². The van der Waals surface area contributed by atoms with Gasteiger partial charge in [-0.05, 0) is 12.8 Å². The maximum Gasteiger partial charge on any atom is 0.243 e. The zero-order valence-electron chi connectivity index (χ0n) is 13.5. The summed E-state index contributed by atoms with van der Waals surface area (Å²) in [6, 6.07) is 0. The molecular formula is C17H31N4+. The molecule has 1 aliphatic heterocycles. The first-order valence-corrected chi connectivity index (χ1v) is 8.76. The van der Waals surface area contributed by atoms with Gasteiger partial charge in [0.15, 0.2) is 0 Å². The lowest BCUT2D eigenvalue weighted by Crippen LogP contribution is -2.23. The summed E-state index contributed by atoms with van der Waals surface area (Å²) < 4.78 is 2.34. The molecule has 4 heteroatoms. The zero-order chi connectivity index (χ0) is 14.8. The van der Waals surface area contributed by atoms with E-state index in [2.05, 4.69) is 33.1 Å². The normalized spacial score (nSPS) is 13.7. The Kier molecular flexibility index (Phi) is 7.33. The fourth-order valence-electron chi connectivity index (χ4n) is 2.91. The van der Waals surface area contributed by atoms with Crippen molar-refractivity contribution in [3.63, 3.8) is 0 Å². The third-order valence-electron chi connectivity index (χ3n) is 4.26. The highest BCUT2D eigenvalue weighted by Gasteiger charge is 2.17. The predicted octanol–water partition coefficient (Wildman–Crippen LogP) is 4.30. The van der Waals surface area contributed by atoms with Crippen LogP contribution in [0.1, 0.15) is 76.8 Å². The minimum atomic E-state index is 0.958. The number of aromatic amines is 1. The number of unbranched alkanes of at least 4 members (excludes halogenated alkanes) is 9. The number of nitrogens with zero attached hydrogens (tertiary/aromatic N) is 2. The molecule has 1 aliphatic rings. The Morgan fingerprint density at radius 2 is 1.67 bits per heavy atom. The molecule has 1 aromatic heterocycles. The molecule has 118 valence electrons. The topological polar surface area (TPSA) is 43.7 Å². The van der Waals surface area contributed by atoms with Crippen molar-refractivity contribution in [3.05, 3.63) is 12.0 Å². The third kappa shape index (κ3) is 5.90. The Labute approximate surface area is 129 Å². The number of imidazole rings is 1. The summed E-state index contributed by atoms with van der Waals surface area (Å²) in [7, 11) is 0. The Morgan fingerprint density at radius 1 is 1.00 bits per heavy atom. The molecule has 0 bridgehead atoms. The van der Waals surface area contributed by atoms with E-state index in [1.165, 1.54) is 69.9 Å². The summed E-state index contributed by atoms with van der Waals surface area (Å²) in [5.41, 5.74) is 1.20. The van der Waals surface area contributed by atoms with Crippen LogP contribution in [0.4, 0.5) is 5.82 Å². The molecule has 0 amide bonds. The predicted molar refractivity (Wildman–Crippen MR) is 88.9 cm³/mol. The lowest BCUT2D eigenvalue weighted by atomic mass is 10.1. The van der Waals surface area contributed by atoms with Crippen LogP contribution >= 0.6 is 0 Å². The van der Waals surface area contributed by atoms with Crippen molar-refractivity contribution in [2.45, 2.75) is 77.7 Å². The van der Waals surface area contributed by atoms with Gasteiger partial charge in [0, 0.05) is 0 Å². The maximum absolute atomic E-state index is 4.22. The SMILES string of the molecule is CCCCCCCCCCCC[N+]1=CNc2nc[nH]c2C1. The van der Waals surface area contributed by atoms with Crippen LogP contribution < -0.4 is 5.32 Å². The summed E-state index contributed by atoms with van der Waals surface area (Å²) in [4.78, 5) is 7.41. The molecule has 0 saturated heterocycles. The van der Waals surface area contributed by atoms with E-state index in [1.807, 2.05) is 0 Å². The molecular weight excluding hydrogens is 260 g/mol. The molecule has 2 heterocycles. The van der Waals surface area contributed by atoms with Crippen molar-refractivity contribution in [1.82, 2.24) is 9.97 Å². The number of H-pyrrole nitrogens is 1. The van der Waals surface area contributed by atoms with Crippen molar-refractivity contribution in [1.29, 1.82) is 0 Å². The second-order valence-corrected chi connectivity index (χ2v) is 6.16. The largest absolute Gasteiger partial charge is 0.342 e. The molecule has 21 heavy (non-hydrogen) atoms. The van der Waals surface area contributed by atoms with Crippen LogP contribution in [0, 0.1) is 0 Å². The molecule has 0 spiro atoms. The van der Waals surface area contributed by atoms with Crippen LogP contribution in [0.5, 0.6) is 0 Å². The van der Waals surface area contributed by atoms with Crippen LogP contribution in [0.2, 0.25) is 0 Å². The van der Waals surface area contributed by atoms with Gasteiger partial charge in [-0.2, -0.15) is 4.98 Å². The first kappa shape index (κ1) is 16.1. The molecule has 0 fully saturated rings. The van der Waals surface area contributed by atoms with Crippen LogP contribution in [-0.2, 0) is 6.54 Å². The van der Waals surface area contributed by atoms with E-state index in [-0.39, 0.29) is 0 Å². The average Bonchev–Trinajstić information content (AvgIpc) is 2.97. The van der Waals surface area contributed by atoms with Gasteiger partial charge in [0.2, 0.25) is 12.2 Å². The maximum atomic E-state index is 4.22. The Morgan fingerprint density at radius 3 is 2.38 bits per heavy atom. The minimum Gasteiger partial charge on any atom is -0.342 e. The van der Waals surface area contributed by atoms with E-state index >= 15 is 0 Å². The highest BCUT2D eigenvalue weighted by atomic mass is 15.2. The van der Waals surface area contributed by atoms with E-state index in [9.17, 15) is 0 Å². The Hall–Kier alpha value is -1.32. The molecule has 0 saturated carbocycles. The van der Waals surface area contributed by atoms with Crippen molar-refractivity contribution in [3.8, 4) is 0 Å². The first-order valence-electron chi connectivity index (χ1n) is 8.76. The first-order chi connectivity index (χ1) is 10.4. The quantitative estimate of drug-likeness (QED) is 0.471. The van der Waals surface area contributed by atoms with E-state index in [0.29, 0.717) is 0 Å². The molecule has 0 aliphatic carbocycles. The number of anilines is 1. The summed E-state index contributed by atoms with van der Waals surface area (Å²) in [6.07, 6.45) is 17.8. The number of hydrogen-bond acceptors (Lipinski definition) is 2. The summed E-state index contributed by atoms with van der Waals surface area (Å²) in [5.74, 6) is 0.981. The number of fused-ring (bicyclic) bond motifs is 1. The average molecular weight is 291 g/mol. The smallest absolute Gasteiger partial charge is 0.243 e. The van der Waals surface area contributed by atoms with Crippen molar-refractivity contribution >= 4 is 12.2 Å². The Balaban J connectivity index is 1.43. The highest BCUT2D eigenvalue weighted by molar-refractivity contribution is 5.72. The lowest BCUT2D eigenvalue weighted by Gasteiger charge is -2.10. The van der Waals surface area contributed by atoms with Crippen molar-refractivity contribution in [2.75, 3.05) is 11.9 Å². The van der Waals surface area contributed by atoms with Gasteiger partial charge in [0.25, 0.3) is 0 Å². The standard InChI is InChI=1S/C17H30N4/c1-2-3-4-5-6-7-8-9-10-11-12-21-13-16-17(20-15-21)19-14-18-16/h14-15H,2-13H2,1H3,(H,18,19)/p+1. The summed E-state index contributed by atoms with van der Waals surface area (Å²) >= 11 is 0. The van der Waals surface area contributed by atoms with Crippen molar-refractivity contribution < 1.29 is 4.58 Å². The minimum absolute atomic E-state index is 0.958. The fraction of sp³-hybridized carbons (Fsp3) is 0.765. The van der Waals surface area contributed by atoms with Gasteiger partial charge in [0.1, 0.15) is 12.2 Å². The summed E-state index contributed by atoms with van der Waals surface area (Å²) in [5, 5.41) is 3.24. The van der Waals surface area contributed by atoms with Gasteiger partial charge < -0.3 is 4.98 Å². The number of hydrogen-bond donors (Lipinski definition) is 2. The number of rotatable bonds is 11. The fourth-order valence-corrected chi connectivity index (χ4v) is 2.91. The molecule has 4 nitrogen and oxygen atoms in total. The van der Waals surface area contributed by atoms with Crippen LogP contribution in [0.3, 0.4) is 0 Å². The second kappa shape index (κ2) is 9.59.